The predicted molar refractivity (Wildman–Crippen MR) is 106 cm³/mol. The summed E-state index contributed by atoms with van der Waals surface area (Å²) in [4.78, 5) is 8.98. The molecule has 26 heavy (non-hydrogen) atoms. The van der Waals surface area contributed by atoms with Gasteiger partial charge in [-0.1, -0.05) is 18.2 Å². The molecule has 0 atom stereocenters. The summed E-state index contributed by atoms with van der Waals surface area (Å²) in [5.74, 6) is 1.48. The molecule has 0 amide bonds. The average Bonchev–Trinajstić information content (AvgIpc) is 2.68. The van der Waals surface area contributed by atoms with E-state index in [-0.39, 0.29) is 0 Å². The average molecular weight is 342 g/mol. The molecule has 2 heterocycles. The lowest BCUT2D eigenvalue weighted by Gasteiger charge is -2.07. The van der Waals surface area contributed by atoms with Gasteiger partial charge >= 0.3 is 0 Å². The first kappa shape index (κ1) is 16.0. The largest absolute Gasteiger partial charge is 0.497 e. The Balaban J connectivity index is 1.63. The second-order valence-electron chi connectivity index (χ2n) is 5.99. The van der Waals surface area contributed by atoms with Crippen molar-refractivity contribution in [3.63, 3.8) is 0 Å². The van der Waals surface area contributed by atoms with Gasteiger partial charge in [-0.05, 0) is 42.8 Å². The zero-order valence-corrected chi connectivity index (χ0v) is 14.6. The second-order valence-corrected chi connectivity index (χ2v) is 5.99. The zero-order valence-electron chi connectivity index (χ0n) is 14.6. The van der Waals surface area contributed by atoms with Gasteiger partial charge in [0.05, 0.1) is 24.4 Å². The van der Waals surface area contributed by atoms with E-state index >= 15 is 0 Å². The van der Waals surface area contributed by atoms with Crippen LogP contribution in [0.4, 0.5) is 5.82 Å². The normalized spacial score (nSPS) is 11.3. The standard InChI is InChI=1S/C21H18N4O/c1-14-11-21(24-20-12-16(26-2)7-8-17(14)20)25-23-13-15-9-10-22-19-6-4-3-5-18(15)19/h3-13H,1-2H3,(H,24,25)/b23-13+. The Kier molecular flexibility index (Phi) is 4.19. The van der Waals surface area contributed by atoms with Crippen LogP contribution in [0.1, 0.15) is 11.1 Å². The number of para-hydroxylation sites is 1. The maximum absolute atomic E-state index is 5.29. The molecule has 0 unspecified atom stereocenters. The highest BCUT2D eigenvalue weighted by molar-refractivity contribution is 5.98. The van der Waals surface area contributed by atoms with Gasteiger partial charge in [0, 0.05) is 28.6 Å². The number of pyridine rings is 2. The van der Waals surface area contributed by atoms with Crippen molar-refractivity contribution in [3.05, 3.63) is 71.9 Å². The first-order valence-electron chi connectivity index (χ1n) is 8.33. The maximum Gasteiger partial charge on any atom is 0.147 e. The van der Waals surface area contributed by atoms with Crippen LogP contribution >= 0.6 is 0 Å². The third-order valence-electron chi connectivity index (χ3n) is 4.29. The van der Waals surface area contributed by atoms with Crippen LogP contribution in [0.5, 0.6) is 5.75 Å². The molecular formula is C21H18N4O. The van der Waals surface area contributed by atoms with Crippen LogP contribution in [-0.4, -0.2) is 23.3 Å². The van der Waals surface area contributed by atoms with Crippen LogP contribution in [0.2, 0.25) is 0 Å². The molecule has 0 aliphatic rings. The van der Waals surface area contributed by atoms with Gasteiger partial charge in [-0.25, -0.2) is 4.98 Å². The van der Waals surface area contributed by atoms with Gasteiger partial charge in [-0.15, -0.1) is 0 Å². The lowest BCUT2D eigenvalue weighted by Crippen LogP contribution is -1.96. The molecule has 4 rings (SSSR count). The van der Waals surface area contributed by atoms with E-state index in [2.05, 4.69) is 27.4 Å². The number of fused-ring (bicyclic) bond motifs is 2. The van der Waals surface area contributed by atoms with E-state index in [0.29, 0.717) is 5.82 Å². The number of anilines is 1. The summed E-state index contributed by atoms with van der Waals surface area (Å²) in [6.07, 6.45) is 3.57. The smallest absolute Gasteiger partial charge is 0.147 e. The minimum atomic E-state index is 0.692. The molecule has 0 radical (unpaired) electrons. The number of benzene rings is 2. The number of ether oxygens (including phenoxy) is 1. The van der Waals surface area contributed by atoms with Gasteiger partial charge in [0.1, 0.15) is 11.6 Å². The fraction of sp³-hybridized carbons (Fsp3) is 0.0952. The van der Waals surface area contributed by atoms with E-state index in [1.807, 2.05) is 54.6 Å². The molecule has 5 heteroatoms. The van der Waals surface area contributed by atoms with Crippen LogP contribution in [0.3, 0.4) is 0 Å². The van der Waals surface area contributed by atoms with Crippen molar-refractivity contribution in [2.24, 2.45) is 5.10 Å². The van der Waals surface area contributed by atoms with Crippen molar-refractivity contribution < 1.29 is 4.74 Å². The minimum Gasteiger partial charge on any atom is -0.497 e. The zero-order chi connectivity index (χ0) is 17.9. The van der Waals surface area contributed by atoms with Crippen molar-refractivity contribution in [1.29, 1.82) is 0 Å². The van der Waals surface area contributed by atoms with Crippen LogP contribution in [-0.2, 0) is 0 Å². The van der Waals surface area contributed by atoms with E-state index in [1.165, 1.54) is 0 Å². The Bertz CT molecular complexity index is 1120. The highest BCUT2D eigenvalue weighted by atomic mass is 16.5. The van der Waals surface area contributed by atoms with E-state index in [9.17, 15) is 0 Å². The molecule has 4 aromatic rings. The summed E-state index contributed by atoms with van der Waals surface area (Å²) >= 11 is 0. The van der Waals surface area contributed by atoms with Crippen LogP contribution in [0.25, 0.3) is 21.8 Å². The molecule has 0 aliphatic carbocycles. The molecule has 1 N–H and O–H groups in total. The van der Waals surface area contributed by atoms with E-state index < -0.39 is 0 Å². The van der Waals surface area contributed by atoms with E-state index in [4.69, 9.17) is 4.74 Å². The van der Waals surface area contributed by atoms with E-state index in [0.717, 1.165) is 38.7 Å². The van der Waals surface area contributed by atoms with Crippen molar-refractivity contribution in [2.45, 2.75) is 6.92 Å². The number of methoxy groups -OCH3 is 1. The predicted octanol–water partition coefficient (Wildman–Crippen LogP) is 4.55. The molecule has 0 saturated carbocycles. The lowest BCUT2D eigenvalue weighted by molar-refractivity contribution is 0.415. The Morgan fingerprint density at radius 1 is 1.00 bits per heavy atom. The topological polar surface area (TPSA) is 59.4 Å². The number of aryl methyl sites for hydroxylation is 1. The number of hydrogen-bond donors (Lipinski definition) is 1. The molecule has 0 saturated heterocycles. The van der Waals surface area contributed by atoms with Crippen molar-refractivity contribution in [2.75, 3.05) is 12.5 Å². The summed E-state index contributed by atoms with van der Waals surface area (Å²) < 4.78 is 5.29. The summed E-state index contributed by atoms with van der Waals surface area (Å²) in [5, 5.41) is 6.52. The van der Waals surface area contributed by atoms with Crippen LogP contribution in [0, 0.1) is 6.92 Å². The van der Waals surface area contributed by atoms with Gasteiger partial charge in [0.2, 0.25) is 0 Å². The fourth-order valence-electron chi connectivity index (χ4n) is 2.97. The van der Waals surface area contributed by atoms with Crippen LogP contribution in [0.15, 0.2) is 65.9 Å². The molecule has 128 valence electrons. The molecule has 0 aliphatic heterocycles. The maximum atomic E-state index is 5.29. The molecular weight excluding hydrogens is 324 g/mol. The van der Waals surface area contributed by atoms with Gasteiger partial charge < -0.3 is 4.74 Å². The molecule has 2 aromatic carbocycles. The lowest BCUT2D eigenvalue weighted by atomic mass is 10.1. The highest BCUT2D eigenvalue weighted by Crippen LogP contribution is 2.24. The van der Waals surface area contributed by atoms with Crippen molar-refractivity contribution in [3.8, 4) is 5.75 Å². The first-order chi connectivity index (χ1) is 12.7. The van der Waals surface area contributed by atoms with Crippen molar-refractivity contribution >= 4 is 33.8 Å². The van der Waals surface area contributed by atoms with Gasteiger partial charge in [-0.3, -0.25) is 10.4 Å². The van der Waals surface area contributed by atoms with E-state index in [1.54, 1.807) is 19.5 Å². The highest BCUT2D eigenvalue weighted by Gasteiger charge is 2.04. The number of rotatable bonds is 4. The SMILES string of the molecule is COc1ccc2c(C)cc(N/N=C/c3ccnc4ccccc34)nc2c1. The molecule has 0 spiro atoms. The molecule has 0 bridgehead atoms. The Labute approximate surface area is 151 Å². The summed E-state index contributed by atoms with van der Waals surface area (Å²) in [6, 6.07) is 17.8. The third kappa shape index (κ3) is 3.07. The molecule has 2 aromatic heterocycles. The number of hydrazone groups is 1. The monoisotopic (exact) mass is 342 g/mol. The Hall–Kier alpha value is -3.47. The summed E-state index contributed by atoms with van der Waals surface area (Å²) in [6.45, 7) is 2.06. The quantitative estimate of drug-likeness (QED) is 0.437. The van der Waals surface area contributed by atoms with Gasteiger partial charge in [0.25, 0.3) is 0 Å². The third-order valence-corrected chi connectivity index (χ3v) is 4.29. The number of aromatic nitrogens is 2. The molecule has 0 fully saturated rings. The van der Waals surface area contributed by atoms with Crippen molar-refractivity contribution in [1.82, 2.24) is 9.97 Å². The Morgan fingerprint density at radius 3 is 2.77 bits per heavy atom. The Morgan fingerprint density at radius 2 is 1.88 bits per heavy atom. The first-order valence-corrected chi connectivity index (χ1v) is 8.33. The number of hydrogen-bond acceptors (Lipinski definition) is 5. The number of nitrogens with zero attached hydrogens (tertiary/aromatic N) is 3. The summed E-state index contributed by atoms with van der Waals surface area (Å²) in [5.41, 5.74) is 6.98. The molecule has 5 nitrogen and oxygen atoms in total. The summed E-state index contributed by atoms with van der Waals surface area (Å²) in [7, 11) is 1.65. The van der Waals surface area contributed by atoms with Crippen LogP contribution < -0.4 is 10.2 Å². The number of nitrogens with one attached hydrogen (secondary N) is 1. The fourth-order valence-corrected chi connectivity index (χ4v) is 2.97. The van der Waals surface area contributed by atoms with Gasteiger partial charge in [0.15, 0.2) is 0 Å². The minimum absolute atomic E-state index is 0.692. The van der Waals surface area contributed by atoms with Gasteiger partial charge in [-0.2, -0.15) is 5.10 Å². The second kappa shape index (κ2) is 6.80.